The van der Waals surface area contributed by atoms with Gasteiger partial charge in [0.25, 0.3) is 0 Å². The zero-order valence-corrected chi connectivity index (χ0v) is 13.5. The predicted molar refractivity (Wildman–Crippen MR) is 89.1 cm³/mol. The summed E-state index contributed by atoms with van der Waals surface area (Å²) in [5, 5.41) is 3.24. The second kappa shape index (κ2) is 5.64. The molecule has 0 saturated carbocycles. The first-order valence-electron chi connectivity index (χ1n) is 6.49. The summed E-state index contributed by atoms with van der Waals surface area (Å²) in [6, 6.07) is 12.4. The number of nitrogens with zero attached hydrogens (tertiary/aromatic N) is 1. The van der Waals surface area contributed by atoms with Crippen LogP contribution in [-0.4, -0.2) is 4.98 Å². The SMILES string of the molecule is Cc1cc(C(N)Cc2sccc2Br)c2ccccc2n1. The molecule has 1 atom stereocenters. The molecule has 2 heterocycles. The van der Waals surface area contributed by atoms with Gasteiger partial charge in [0, 0.05) is 32.9 Å². The lowest BCUT2D eigenvalue weighted by Crippen LogP contribution is -2.14. The fourth-order valence-electron chi connectivity index (χ4n) is 2.43. The molecule has 0 bridgehead atoms. The number of para-hydroxylation sites is 1. The summed E-state index contributed by atoms with van der Waals surface area (Å²) in [7, 11) is 0. The van der Waals surface area contributed by atoms with E-state index >= 15 is 0 Å². The van der Waals surface area contributed by atoms with Crippen LogP contribution in [0.5, 0.6) is 0 Å². The van der Waals surface area contributed by atoms with Crippen LogP contribution >= 0.6 is 27.3 Å². The van der Waals surface area contributed by atoms with Gasteiger partial charge in [0.1, 0.15) is 0 Å². The molecule has 3 rings (SSSR count). The van der Waals surface area contributed by atoms with Crippen molar-refractivity contribution < 1.29 is 0 Å². The van der Waals surface area contributed by atoms with Crippen molar-refractivity contribution >= 4 is 38.2 Å². The van der Waals surface area contributed by atoms with Crippen LogP contribution in [0, 0.1) is 6.92 Å². The maximum atomic E-state index is 6.45. The van der Waals surface area contributed by atoms with Crippen LogP contribution in [0.1, 0.15) is 22.2 Å². The van der Waals surface area contributed by atoms with Crippen molar-refractivity contribution in [2.75, 3.05) is 0 Å². The van der Waals surface area contributed by atoms with E-state index < -0.39 is 0 Å². The molecule has 4 heteroatoms. The molecule has 2 N–H and O–H groups in total. The standard InChI is InChI=1S/C16H15BrN2S/c1-10-8-12(11-4-2-3-5-15(11)19-10)14(18)9-16-13(17)6-7-20-16/h2-8,14H,9,18H2,1H3. The molecule has 3 aromatic rings. The molecule has 2 aromatic heterocycles. The minimum atomic E-state index is -0.0171. The molecule has 2 nitrogen and oxygen atoms in total. The van der Waals surface area contributed by atoms with Crippen molar-refractivity contribution in [2.45, 2.75) is 19.4 Å². The zero-order valence-electron chi connectivity index (χ0n) is 11.1. The van der Waals surface area contributed by atoms with Crippen LogP contribution < -0.4 is 5.73 Å². The Labute approximate surface area is 130 Å². The summed E-state index contributed by atoms with van der Waals surface area (Å²) in [4.78, 5) is 5.86. The minimum Gasteiger partial charge on any atom is -0.324 e. The van der Waals surface area contributed by atoms with Crippen molar-refractivity contribution in [1.82, 2.24) is 4.98 Å². The predicted octanol–water partition coefficient (Wildman–Crippen LogP) is 4.61. The molecule has 1 aromatic carbocycles. The molecular weight excluding hydrogens is 332 g/mol. The first-order valence-corrected chi connectivity index (χ1v) is 8.16. The van der Waals surface area contributed by atoms with E-state index in [9.17, 15) is 0 Å². The Kier molecular flexibility index (Phi) is 3.87. The largest absolute Gasteiger partial charge is 0.324 e. The number of rotatable bonds is 3. The van der Waals surface area contributed by atoms with E-state index in [1.165, 1.54) is 10.4 Å². The molecule has 0 spiro atoms. The Morgan fingerprint density at radius 3 is 2.85 bits per heavy atom. The van der Waals surface area contributed by atoms with Gasteiger partial charge in [-0.3, -0.25) is 4.98 Å². The Morgan fingerprint density at radius 1 is 1.30 bits per heavy atom. The van der Waals surface area contributed by atoms with E-state index in [0.29, 0.717) is 0 Å². The van der Waals surface area contributed by atoms with Gasteiger partial charge in [-0.15, -0.1) is 11.3 Å². The first-order chi connectivity index (χ1) is 9.65. The van der Waals surface area contributed by atoms with Crippen LogP contribution in [-0.2, 0) is 6.42 Å². The molecule has 0 radical (unpaired) electrons. The van der Waals surface area contributed by atoms with E-state index in [0.717, 1.165) is 27.5 Å². The zero-order chi connectivity index (χ0) is 14.1. The third-order valence-electron chi connectivity index (χ3n) is 3.37. The lowest BCUT2D eigenvalue weighted by Gasteiger charge is -2.15. The molecular formula is C16H15BrN2S. The lowest BCUT2D eigenvalue weighted by molar-refractivity contribution is 0.733. The number of hydrogen-bond acceptors (Lipinski definition) is 3. The Hall–Kier alpha value is -1.23. The highest BCUT2D eigenvalue weighted by Crippen LogP contribution is 2.30. The Bertz CT molecular complexity index is 751. The highest BCUT2D eigenvalue weighted by molar-refractivity contribution is 9.10. The van der Waals surface area contributed by atoms with Gasteiger partial charge < -0.3 is 5.73 Å². The number of thiophene rings is 1. The summed E-state index contributed by atoms with van der Waals surface area (Å²) >= 11 is 5.31. The Morgan fingerprint density at radius 2 is 2.10 bits per heavy atom. The number of benzene rings is 1. The van der Waals surface area contributed by atoms with Crippen molar-refractivity contribution in [1.29, 1.82) is 0 Å². The number of aromatic nitrogens is 1. The van der Waals surface area contributed by atoms with Crippen molar-refractivity contribution in [3.8, 4) is 0 Å². The van der Waals surface area contributed by atoms with Gasteiger partial charge in [0.2, 0.25) is 0 Å². The molecule has 0 aliphatic rings. The summed E-state index contributed by atoms with van der Waals surface area (Å²) in [6.07, 6.45) is 0.839. The van der Waals surface area contributed by atoms with Crippen LogP contribution in [0.25, 0.3) is 10.9 Å². The second-order valence-electron chi connectivity index (χ2n) is 4.87. The highest BCUT2D eigenvalue weighted by atomic mass is 79.9. The van der Waals surface area contributed by atoms with Gasteiger partial charge in [-0.25, -0.2) is 0 Å². The lowest BCUT2D eigenvalue weighted by atomic mass is 9.98. The van der Waals surface area contributed by atoms with Crippen molar-refractivity contribution in [3.63, 3.8) is 0 Å². The number of pyridine rings is 1. The van der Waals surface area contributed by atoms with Gasteiger partial charge >= 0.3 is 0 Å². The summed E-state index contributed by atoms with van der Waals surface area (Å²) in [5.41, 5.74) is 9.65. The van der Waals surface area contributed by atoms with Gasteiger partial charge in [-0.05, 0) is 52.0 Å². The van der Waals surface area contributed by atoms with Gasteiger partial charge in [-0.2, -0.15) is 0 Å². The molecule has 0 amide bonds. The fourth-order valence-corrected chi connectivity index (χ4v) is 4.00. The van der Waals surface area contributed by atoms with E-state index in [1.807, 2.05) is 25.1 Å². The topological polar surface area (TPSA) is 38.9 Å². The molecule has 0 aliphatic carbocycles. The maximum Gasteiger partial charge on any atom is 0.0708 e. The van der Waals surface area contributed by atoms with Crippen LogP contribution in [0.3, 0.4) is 0 Å². The average molecular weight is 347 g/mol. The summed E-state index contributed by atoms with van der Waals surface area (Å²) < 4.78 is 1.15. The van der Waals surface area contributed by atoms with Crippen LogP contribution in [0.15, 0.2) is 46.3 Å². The first kappa shape index (κ1) is 13.7. The third kappa shape index (κ3) is 2.64. The molecule has 1 unspecified atom stereocenters. The van der Waals surface area contributed by atoms with E-state index in [1.54, 1.807) is 11.3 Å². The normalized spacial score (nSPS) is 12.8. The number of hydrogen-bond donors (Lipinski definition) is 1. The van der Waals surface area contributed by atoms with Crippen LogP contribution in [0.2, 0.25) is 0 Å². The molecule has 102 valence electrons. The van der Waals surface area contributed by atoms with Gasteiger partial charge in [0.05, 0.1) is 5.52 Å². The summed E-state index contributed by atoms with van der Waals surface area (Å²) in [5.74, 6) is 0. The van der Waals surface area contributed by atoms with Gasteiger partial charge in [0.15, 0.2) is 0 Å². The molecule has 20 heavy (non-hydrogen) atoms. The summed E-state index contributed by atoms with van der Waals surface area (Å²) in [6.45, 7) is 2.02. The van der Waals surface area contributed by atoms with Crippen molar-refractivity contribution in [3.05, 3.63) is 62.4 Å². The number of halogens is 1. The maximum absolute atomic E-state index is 6.45. The van der Waals surface area contributed by atoms with Gasteiger partial charge in [-0.1, -0.05) is 18.2 Å². The smallest absolute Gasteiger partial charge is 0.0708 e. The van der Waals surface area contributed by atoms with E-state index in [2.05, 4.69) is 44.5 Å². The molecule has 0 fully saturated rings. The second-order valence-corrected chi connectivity index (χ2v) is 6.73. The third-order valence-corrected chi connectivity index (χ3v) is 5.32. The van der Waals surface area contributed by atoms with Crippen molar-refractivity contribution in [2.24, 2.45) is 5.73 Å². The Balaban J connectivity index is 2.03. The van der Waals surface area contributed by atoms with Crippen LogP contribution in [0.4, 0.5) is 0 Å². The number of nitrogens with two attached hydrogens (primary N) is 1. The van der Waals surface area contributed by atoms with E-state index in [-0.39, 0.29) is 6.04 Å². The molecule has 0 saturated heterocycles. The van der Waals surface area contributed by atoms with E-state index in [4.69, 9.17) is 5.73 Å². The minimum absolute atomic E-state index is 0.0171. The average Bonchev–Trinajstić information content (AvgIpc) is 2.83. The number of aryl methyl sites for hydroxylation is 1. The monoisotopic (exact) mass is 346 g/mol. The fraction of sp³-hybridized carbons (Fsp3) is 0.188. The highest BCUT2D eigenvalue weighted by Gasteiger charge is 2.14. The molecule has 0 aliphatic heterocycles. The number of fused-ring (bicyclic) bond motifs is 1. The quantitative estimate of drug-likeness (QED) is 0.751.